The van der Waals surface area contributed by atoms with Gasteiger partial charge in [-0.05, 0) is 13.8 Å². The summed E-state index contributed by atoms with van der Waals surface area (Å²) in [7, 11) is 1.22. The summed E-state index contributed by atoms with van der Waals surface area (Å²) in [5, 5.41) is 7.86. The molecule has 1 saturated heterocycles. The fourth-order valence-electron chi connectivity index (χ4n) is 0.427. The number of methoxy groups -OCH3 is 1. The summed E-state index contributed by atoms with van der Waals surface area (Å²) in [6.07, 6.45) is 0. The number of hydrogen-bond donors (Lipinski definition) is 1. The summed E-state index contributed by atoms with van der Waals surface area (Å²) in [4.78, 5) is 39.4. The maximum atomic E-state index is 10.1. The van der Waals surface area contributed by atoms with Gasteiger partial charge in [-0.25, -0.2) is 14.4 Å². The molecule has 0 unspecified atom stereocenters. The van der Waals surface area contributed by atoms with E-state index in [4.69, 9.17) is 5.11 Å². The lowest BCUT2D eigenvalue weighted by molar-refractivity contribution is -0.174. The number of esters is 3. The van der Waals surface area contributed by atoms with Crippen LogP contribution in [0.25, 0.3) is 0 Å². The number of cyclic esters (lactones) is 2. The van der Waals surface area contributed by atoms with Crippen molar-refractivity contribution < 1.29 is 38.5 Å². The van der Waals surface area contributed by atoms with E-state index in [1.54, 1.807) is 0 Å². The number of hydrogen-bond acceptors (Lipinski definition) is 8. The maximum Gasteiger partial charge on any atom is 0.344 e. The number of Topliss-reactive ketones (excluding diaryl/α,β-unsaturated/α-hetero) is 1. The zero-order valence-corrected chi connectivity index (χ0v) is 10.4. The Morgan fingerprint density at radius 1 is 1.16 bits per heavy atom. The van der Waals surface area contributed by atoms with Gasteiger partial charge in [0.05, 0.1) is 7.11 Å². The van der Waals surface area contributed by atoms with Gasteiger partial charge in [-0.1, -0.05) is 7.43 Å². The molecule has 1 fully saturated rings. The van der Waals surface area contributed by atoms with Crippen LogP contribution in [-0.4, -0.2) is 55.7 Å². The maximum absolute atomic E-state index is 10.1. The van der Waals surface area contributed by atoms with Crippen molar-refractivity contribution in [1.82, 2.24) is 0 Å². The molecule has 0 aromatic heterocycles. The summed E-state index contributed by atoms with van der Waals surface area (Å²) in [6, 6.07) is 0. The van der Waals surface area contributed by atoms with Gasteiger partial charge < -0.3 is 24.1 Å². The van der Waals surface area contributed by atoms with Crippen molar-refractivity contribution in [2.75, 3.05) is 26.9 Å². The highest BCUT2D eigenvalue weighted by Gasteiger charge is 2.16. The Hall–Kier alpha value is -1.96. The van der Waals surface area contributed by atoms with E-state index in [9.17, 15) is 19.2 Å². The number of carbonyl (C=O) groups excluding carboxylic acids is 4. The molecular formula is C11H20O8. The van der Waals surface area contributed by atoms with E-state index in [1.807, 2.05) is 0 Å². The summed E-state index contributed by atoms with van der Waals surface area (Å²) in [5.41, 5.74) is 0. The lowest BCUT2D eigenvalue weighted by atomic mass is 10.6. The molecule has 1 heterocycles. The van der Waals surface area contributed by atoms with E-state index in [0.717, 1.165) is 0 Å². The highest BCUT2D eigenvalue weighted by molar-refractivity contribution is 5.82. The first-order valence-corrected chi connectivity index (χ1v) is 4.79. The Labute approximate surface area is 111 Å². The minimum atomic E-state index is -0.602. The predicted octanol–water partition coefficient (Wildman–Crippen LogP) is -0.530. The molecule has 0 amide bonds. The standard InChI is InChI=1S/C4H4O4.C3H6O3.C3H6O.CH4/c5-3-1-7-4(6)2-8-3;1-6-3(5)2-4;1-3(2)4;/h1-2H2;4H,2H2,1H3;1-2H3;1H4. The lowest BCUT2D eigenvalue weighted by Crippen LogP contribution is -2.27. The average molecular weight is 280 g/mol. The SMILES string of the molecule is C.CC(C)=O.COC(=O)CO.O=C1COC(=O)CO1. The van der Waals surface area contributed by atoms with E-state index in [-0.39, 0.29) is 26.4 Å². The quantitative estimate of drug-likeness (QED) is 0.503. The molecule has 8 nitrogen and oxygen atoms in total. The van der Waals surface area contributed by atoms with Crippen molar-refractivity contribution in [3.8, 4) is 0 Å². The minimum Gasteiger partial charge on any atom is -0.467 e. The summed E-state index contributed by atoms with van der Waals surface area (Å²) < 4.78 is 12.6. The van der Waals surface area contributed by atoms with Crippen LogP contribution in [0.1, 0.15) is 21.3 Å². The number of rotatable bonds is 1. The first-order valence-electron chi connectivity index (χ1n) is 4.79. The van der Waals surface area contributed by atoms with Crippen molar-refractivity contribution in [3.05, 3.63) is 0 Å². The van der Waals surface area contributed by atoms with E-state index in [2.05, 4.69) is 14.2 Å². The molecule has 1 aliphatic rings. The zero-order chi connectivity index (χ0) is 14.6. The Morgan fingerprint density at radius 2 is 1.47 bits per heavy atom. The molecule has 0 spiro atoms. The predicted molar refractivity (Wildman–Crippen MR) is 64.1 cm³/mol. The molecular weight excluding hydrogens is 260 g/mol. The highest BCUT2D eigenvalue weighted by atomic mass is 16.6. The van der Waals surface area contributed by atoms with Gasteiger partial charge in [-0.15, -0.1) is 0 Å². The Morgan fingerprint density at radius 3 is 1.58 bits per heavy atom. The van der Waals surface area contributed by atoms with Gasteiger partial charge in [0, 0.05) is 0 Å². The third-order valence-corrected chi connectivity index (χ3v) is 1.06. The highest BCUT2D eigenvalue weighted by Crippen LogP contribution is 1.90. The van der Waals surface area contributed by atoms with Crippen LogP contribution in [-0.2, 0) is 33.4 Å². The van der Waals surface area contributed by atoms with Crippen molar-refractivity contribution in [1.29, 1.82) is 0 Å². The van der Waals surface area contributed by atoms with E-state index in [0.29, 0.717) is 0 Å². The van der Waals surface area contributed by atoms with Crippen molar-refractivity contribution in [2.24, 2.45) is 0 Å². The third kappa shape index (κ3) is 21.8. The second-order valence-electron chi connectivity index (χ2n) is 2.96. The molecule has 0 aliphatic carbocycles. The molecule has 0 aromatic rings. The molecule has 112 valence electrons. The van der Waals surface area contributed by atoms with Crippen LogP contribution in [0, 0.1) is 0 Å². The number of ketones is 1. The van der Waals surface area contributed by atoms with E-state index < -0.39 is 24.5 Å². The fraction of sp³-hybridized carbons (Fsp3) is 0.636. The fourth-order valence-corrected chi connectivity index (χ4v) is 0.427. The molecule has 0 bridgehead atoms. The van der Waals surface area contributed by atoms with Gasteiger partial charge in [0.2, 0.25) is 0 Å². The van der Waals surface area contributed by atoms with Gasteiger partial charge in [0.15, 0.2) is 13.2 Å². The number of aliphatic hydroxyl groups is 1. The van der Waals surface area contributed by atoms with Crippen molar-refractivity contribution in [3.63, 3.8) is 0 Å². The topological polar surface area (TPSA) is 116 Å². The number of ether oxygens (including phenoxy) is 3. The molecule has 1 N–H and O–H groups in total. The average Bonchev–Trinajstić information content (AvgIpc) is 2.32. The Kier molecular flexibility index (Phi) is 16.5. The number of aliphatic hydroxyl groups excluding tert-OH is 1. The smallest absolute Gasteiger partial charge is 0.344 e. The third-order valence-electron chi connectivity index (χ3n) is 1.06. The van der Waals surface area contributed by atoms with Crippen LogP contribution in [0.5, 0.6) is 0 Å². The van der Waals surface area contributed by atoms with Gasteiger partial charge >= 0.3 is 17.9 Å². The van der Waals surface area contributed by atoms with Gasteiger partial charge in [-0.2, -0.15) is 0 Å². The monoisotopic (exact) mass is 280 g/mol. The van der Waals surface area contributed by atoms with Gasteiger partial charge in [0.1, 0.15) is 12.4 Å². The zero-order valence-electron chi connectivity index (χ0n) is 10.4. The molecule has 0 atom stereocenters. The first kappa shape index (κ1) is 22.2. The van der Waals surface area contributed by atoms with Crippen LogP contribution >= 0.6 is 0 Å². The normalized spacial score (nSPS) is 12.0. The summed E-state index contributed by atoms with van der Waals surface area (Å²) in [5.74, 6) is -1.40. The molecule has 0 saturated carbocycles. The minimum absolute atomic E-state index is 0. The van der Waals surface area contributed by atoms with Crippen LogP contribution < -0.4 is 0 Å². The Bertz CT molecular complexity index is 259. The Balaban J connectivity index is -0.000000210. The second-order valence-corrected chi connectivity index (χ2v) is 2.96. The van der Waals surface area contributed by atoms with Crippen LogP contribution in [0.15, 0.2) is 0 Å². The summed E-state index contributed by atoms with van der Waals surface area (Å²) >= 11 is 0. The van der Waals surface area contributed by atoms with Crippen LogP contribution in [0.2, 0.25) is 0 Å². The van der Waals surface area contributed by atoms with Crippen molar-refractivity contribution >= 4 is 23.7 Å². The van der Waals surface area contributed by atoms with Gasteiger partial charge in [0.25, 0.3) is 0 Å². The molecule has 1 aliphatic heterocycles. The van der Waals surface area contributed by atoms with Crippen molar-refractivity contribution in [2.45, 2.75) is 21.3 Å². The largest absolute Gasteiger partial charge is 0.467 e. The second kappa shape index (κ2) is 14.1. The van der Waals surface area contributed by atoms with Crippen LogP contribution in [0.3, 0.4) is 0 Å². The molecule has 0 aromatic carbocycles. The van der Waals surface area contributed by atoms with E-state index >= 15 is 0 Å². The number of carbonyl (C=O) groups is 4. The van der Waals surface area contributed by atoms with Crippen LogP contribution in [0.4, 0.5) is 0 Å². The summed E-state index contributed by atoms with van der Waals surface area (Å²) in [6.45, 7) is 2.05. The molecule has 0 radical (unpaired) electrons. The van der Waals surface area contributed by atoms with E-state index in [1.165, 1.54) is 21.0 Å². The molecule has 1 rings (SSSR count). The lowest BCUT2D eigenvalue weighted by Gasteiger charge is -2.09. The molecule has 19 heavy (non-hydrogen) atoms. The van der Waals surface area contributed by atoms with Gasteiger partial charge in [-0.3, -0.25) is 0 Å². The molecule has 8 heteroatoms. The first-order chi connectivity index (χ1) is 8.33.